The quantitative estimate of drug-likeness (QED) is 0.616. The number of rotatable bonds is 6. The van der Waals surface area contributed by atoms with Crippen molar-refractivity contribution in [1.82, 2.24) is 0 Å². The Labute approximate surface area is 120 Å². The maximum atomic E-state index is 11.3. The number of aliphatic hydroxyl groups excluding tert-OH is 1. The molecule has 0 spiro atoms. The summed E-state index contributed by atoms with van der Waals surface area (Å²) in [5.74, 6) is -1.31. The molecule has 1 aromatic rings. The molecule has 1 rings (SSSR count). The number of halogens is 1. The number of hydrogen-bond donors (Lipinski definition) is 2. The van der Waals surface area contributed by atoms with E-state index in [4.69, 9.17) is 16.7 Å². The molecule has 2 N–H and O–H groups in total. The molecule has 0 aliphatic heterocycles. The van der Waals surface area contributed by atoms with Crippen LogP contribution in [0.3, 0.4) is 0 Å². The van der Waals surface area contributed by atoms with Gasteiger partial charge in [-0.3, -0.25) is 10.1 Å². The molecule has 20 heavy (non-hydrogen) atoms. The van der Waals surface area contributed by atoms with Crippen LogP contribution in [0.4, 0.5) is 11.4 Å². The fraction of sp³-hybridized carbons (Fsp3) is 0.417. The maximum absolute atomic E-state index is 11.3. The molecule has 0 fully saturated rings. The van der Waals surface area contributed by atoms with Gasteiger partial charge in [0.05, 0.1) is 27.8 Å². The second kappa shape index (κ2) is 6.53. The van der Waals surface area contributed by atoms with Crippen molar-refractivity contribution >= 4 is 28.9 Å². The summed E-state index contributed by atoms with van der Waals surface area (Å²) < 4.78 is 0. The predicted molar refractivity (Wildman–Crippen MR) is 74.6 cm³/mol. The number of nitrogens with zero attached hydrogens (tertiary/aromatic N) is 2. The van der Waals surface area contributed by atoms with Crippen LogP contribution in [0.25, 0.3) is 0 Å². The van der Waals surface area contributed by atoms with Gasteiger partial charge in [-0.25, -0.2) is 4.79 Å². The third kappa shape index (κ3) is 3.37. The van der Waals surface area contributed by atoms with Crippen molar-refractivity contribution in [1.29, 1.82) is 0 Å². The molecule has 0 unspecified atom stereocenters. The highest BCUT2D eigenvalue weighted by Gasteiger charge is 2.25. The second-order valence-corrected chi connectivity index (χ2v) is 4.80. The van der Waals surface area contributed by atoms with E-state index >= 15 is 0 Å². The fourth-order valence-electron chi connectivity index (χ4n) is 1.88. The van der Waals surface area contributed by atoms with Crippen molar-refractivity contribution in [3.63, 3.8) is 0 Å². The largest absolute Gasteiger partial charge is 0.478 e. The molecule has 110 valence electrons. The third-order valence-corrected chi connectivity index (χ3v) is 3.03. The van der Waals surface area contributed by atoms with Gasteiger partial charge in [0.2, 0.25) is 0 Å². The summed E-state index contributed by atoms with van der Waals surface area (Å²) in [5.41, 5.74) is -0.468. The molecule has 8 heteroatoms. The number of non-ortho nitro benzene ring substituents is 1. The Morgan fingerprint density at radius 3 is 2.50 bits per heavy atom. The monoisotopic (exact) mass is 302 g/mol. The molecule has 0 heterocycles. The van der Waals surface area contributed by atoms with Gasteiger partial charge in [-0.2, -0.15) is 0 Å². The Morgan fingerprint density at radius 1 is 1.50 bits per heavy atom. The minimum Gasteiger partial charge on any atom is -0.478 e. The van der Waals surface area contributed by atoms with Gasteiger partial charge in [0.25, 0.3) is 5.69 Å². The minimum atomic E-state index is -1.31. The summed E-state index contributed by atoms with van der Waals surface area (Å²) in [7, 11) is 0. The first kappa shape index (κ1) is 16.2. The van der Waals surface area contributed by atoms with Crippen molar-refractivity contribution in [3.05, 3.63) is 32.8 Å². The van der Waals surface area contributed by atoms with E-state index < -0.39 is 10.9 Å². The van der Waals surface area contributed by atoms with E-state index in [1.165, 1.54) is 0 Å². The number of hydrogen-bond acceptors (Lipinski definition) is 5. The molecule has 1 aromatic carbocycles. The molecule has 0 amide bonds. The molecule has 0 saturated carbocycles. The molecule has 0 saturated heterocycles. The summed E-state index contributed by atoms with van der Waals surface area (Å²) in [6.07, 6.45) is 0. The van der Waals surface area contributed by atoms with Crippen LogP contribution in [-0.4, -0.2) is 40.3 Å². The van der Waals surface area contributed by atoms with Crippen molar-refractivity contribution in [2.24, 2.45) is 0 Å². The number of aromatic carboxylic acids is 1. The smallest absolute Gasteiger partial charge is 0.338 e. The van der Waals surface area contributed by atoms with E-state index in [0.717, 1.165) is 12.1 Å². The van der Waals surface area contributed by atoms with Crippen LogP contribution in [0.2, 0.25) is 5.02 Å². The van der Waals surface area contributed by atoms with Crippen LogP contribution in [0.15, 0.2) is 12.1 Å². The van der Waals surface area contributed by atoms with E-state index in [-0.39, 0.29) is 41.2 Å². The normalized spacial score (nSPS) is 10.7. The lowest BCUT2D eigenvalue weighted by molar-refractivity contribution is -0.384. The third-order valence-electron chi connectivity index (χ3n) is 2.74. The summed E-state index contributed by atoms with van der Waals surface area (Å²) in [6, 6.07) is 1.95. The zero-order valence-electron chi connectivity index (χ0n) is 11.0. The van der Waals surface area contributed by atoms with Crippen LogP contribution in [0.1, 0.15) is 24.2 Å². The summed E-state index contributed by atoms with van der Waals surface area (Å²) in [4.78, 5) is 23.0. The summed E-state index contributed by atoms with van der Waals surface area (Å²) >= 11 is 6.01. The van der Waals surface area contributed by atoms with Crippen molar-refractivity contribution in [2.75, 3.05) is 18.1 Å². The Bertz CT molecular complexity index is 533. The number of carboxylic acid groups (broad SMARTS) is 1. The van der Waals surface area contributed by atoms with Crippen molar-refractivity contribution in [2.45, 2.75) is 19.9 Å². The van der Waals surface area contributed by atoms with Gasteiger partial charge in [-0.15, -0.1) is 0 Å². The van der Waals surface area contributed by atoms with Crippen LogP contribution in [0.5, 0.6) is 0 Å². The van der Waals surface area contributed by atoms with Crippen LogP contribution in [-0.2, 0) is 0 Å². The van der Waals surface area contributed by atoms with Gasteiger partial charge < -0.3 is 15.1 Å². The highest BCUT2D eigenvalue weighted by atomic mass is 35.5. The zero-order valence-corrected chi connectivity index (χ0v) is 11.8. The summed E-state index contributed by atoms with van der Waals surface area (Å²) in [5, 5.41) is 29.0. The van der Waals surface area contributed by atoms with Gasteiger partial charge >= 0.3 is 5.97 Å². The Balaban J connectivity index is 3.51. The van der Waals surface area contributed by atoms with Crippen LogP contribution in [0, 0.1) is 10.1 Å². The number of aliphatic hydroxyl groups is 1. The van der Waals surface area contributed by atoms with Crippen molar-refractivity contribution in [3.8, 4) is 0 Å². The van der Waals surface area contributed by atoms with Gasteiger partial charge in [0.15, 0.2) is 0 Å². The number of carbonyl (C=O) groups is 1. The van der Waals surface area contributed by atoms with Crippen molar-refractivity contribution < 1.29 is 19.9 Å². The highest BCUT2D eigenvalue weighted by Crippen LogP contribution is 2.35. The maximum Gasteiger partial charge on any atom is 0.338 e. The lowest BCUT2D eigenvalue weighted by Crippen LogP contribution is -2.35. The summed E-state index contributed by atoms with van der Waals surface area (Å²) in [6.45, 7) is 3.60. The molecule has 0 aliphatic rings. The Kier molecular flexibility index (Phi) is 5.29. The Hall–Kier alpha value is -1.86. The second-order valence-electron chi connectivity index (χ2n) is 4.40. The SMILES string of the molecule is CC(C)N(CCO)c1c(Cl)cc([N+](=O)[O-])cc1C(=O)O. The van der Waals surface area contributed by atoms with E-state index in [0.29, 0.717) is 0 Å². The first-order valence-electron chi connectivity index (χ1n) is 5.88. The van der Waals surface area contributed by atoms with E-state index in [9.17, 15) is 20.0 Å². The number of nitro benzene ring substituents is 1. The van der Waals surface area contributed by atoms with Gasteiger partial charge in [-0.05, 0) is 13.8 Å². The average molecular weight is 303 g/mol. The first-order chi connectivity index (χ1) is 9.29. The highest BCUT2D eigenvalue weighted by molar-refractivity contribution is 6.34. The van der Waals surface area contributed by atoms with Gasteiger partial charge in [-0.1, -0.05) is 11.6 Å². The van der Waals surface area contributed by atoms with E-state index in [1.807, 2.05) is 0 Å². The number of nitro groups is 1. The van der Waals surface area contributed by atoms with E-state index in [2.05, 4.69) is 0 Å². The molecular weight excluding hydrogens is 288 g/mol. The number of benzene rings is 1. The van der Waals surface area contributed by atoms with Crippen LogP contribution < -0.4 is 4.90 Å². The molecule has 0 aliphatic carbocycles. The first-order valence-corrected chi connectivity index (χ1v) is 6.26. The molecular formula is C12H15ClN2O5. The molecule has 0 radical (unpaired) electrons. The fourth-order valence-corrected chi connectivity index (χ4v) is 2.20. The zero-order chi connectivity index (χ0) is 15.4. The lowest BCUT2D eigenvalue weighted by atomic mass is 10.1. The molecule has 0 bridgehead atoms. The lowest BCUT2D eigenvalue weighted by Gasteiger charge is -2.30. The predicted octanol–water partition coefficient (Wildman–Crippen LogP) is 2.15. The van der Waals surface area contributed by atoms with Gasteiger partial charge in [0.1, 0.15) is 0 Å². The number of anilines is 1. The topological polar surface area (TPSA) is 104 Å². The molecule has 0 atom stereocenters. The van der Waals surface area contributed by atoms with Gasteiger partial charge in [0, 0.05) is 24.7 Å². The molecule has 7 nitrogen and oxygen atoms in total. The minimum absolute atomic E-state index is 0.0289. The van der Waals surface area contributed by atoms with Crippen LogP contribution >= 0.6 is 11.6 Å². The molecule has 0 aromatic heterocycles. The standard InChI is InChI=1S/C12H15ClN2O5/c1-7(2)14(3-4-16)11-9(12(17)18)5-8(15(19)20)6-10(11)13/h5-7,16H,3-4H2,1-2H3,(H,17,18). The van der Waals surface area contributed by atoms with E-state index in [1.54, 1.807) is 18.7 Å². The number of carboxylic acids is 1. The average Bonchev–Trinajstić information content (AvgIpc) is 2.35. The Morgan fingerprint density at radius 2 is 2.10 bits per heavy atom.